The molecule has 0 heterocycles. The van der Waals surface area contributed by atoms with Gasteiger partial charge in [0, 0.05) is 12.6 Å². The molecular weight excluding hydrogens is 220 g/mol. The number of nitrogens with one attached hydrogen (secondary N) is 2. The molecule has 0 aromatic carbocycles. The third kappa shape index (κ3) is 8.65. The minimum absolute atomic E-state index is 0.0308. The Balaban J connectivity index is 3.56. The van der Waals surface area contributed by atoms with Crippen LogP contribution in [0, 0.1) is 0 Å². The Morgan fingerprint density at radius 2 is 1.76 bits per heavy atom. The van der Waals surface area contributed by atoms with Crippen molar-refractivity contribution in [3.63, 3.8) is 0 Å². The van der Waals surface area contributed by atoms with Crippen molar-refractivity contribution in [2.24, 2.45) is 11.5 Å². The third-order valence-corrected chi connectivity index (χ3v) is 2.53. The molecule has 0 aromatic rings. The fraction of sp³-hybridized carbons (Fsp3) is 0.818. The van der Waals surface area contributed by atoms with E-state index >= 15 is 0 Å². The lowest BCUT2D eigenvalue weighted by molar-refractivity contribution is -0.120. The van der Waals surface area contributed by atoms with Crippen molar-refractivity contribution in [3.8, 4) is 0 Å². The van der Waals surface area contributed by atoms with Gasteiger partial charge in [-0.05, 0) is 25.7 Å². The average Bonchev–Trinajstić information content (AvgIpc) is 2.36. The largest absolute Gasteiger partial charge is 0.355 e. The molecule has 0 spiro atoms. The van der Waals surface area contributed by atoms with Crippen molar-refractivity contribution in [2.45, 2.75) is 38.6 Å². The topological polar surface area (TPSA) is 110 Å². The van der Waals surface area contributed by atoms with Crippen molar-refractivity contribution in [2.75, 3.05) is 19.6 Å². The highest BCUT2D eigenvalue weighted by atomic mass is 16.2. The molecule has 0 saturated heterocycles. The Labute approximate surface area is 102 Å². The smallest absolute Gasteiger partial charge is 0.233 e. The van der Waals surface area contributed by atoms with Crippen LogP contribution >= 0.6 is 0 Å². The van der Waals surface area contributed by atoms with E-state index in [4.69, 9.17) is 11.5 Å². The summed E-state index contributed by atoms with van der Waals surface area (Å²) in [6.07, 6.45) is 3.64. The second-order valence-corrected chi connectivity index (χ2v) is 3.93. The highest BCUT2D eigenvalue weighted by molar-refractivity contribution is 5.78. The lowest BCUT2D eigenvalue weighted by Gasteiger charge is -2.16. The second kappa shape index (κ2) is 10.0. The summed E-state index contributed by atoms with van der Waals surface area (Å²) in [5.74, 6) is -0.248. The van der Waals surface area contributed by atoms with E-state index in [1.54, 1.807) is 0 Å². The summed E-state index contributed by atoms with van der Waals surface area (Å²) in [5.41, 5.74) is 10.4. The minimum Gasteiger partial charge on any atom is -0.355 e. The summed E-state index contributed by atoms with van der Waals surface area (Å²) in [6, 6.07) is 0.177. The van der Waals surface area contributed by atoms with E-state index < -0.39 is 0 Å². The van der Waals surface area contributed by atoms with Crippen LogP contribution in [0.3, 0.4) is 0 Å². The van der Waals surface area contributed by atoms with Gasteiger partial charge in [0.05, 0.1) is 13.1 Å². The monoisotopic (exact) mass is 244 g/mol. The predicted molar refractivity (Wildman–Crippen MR) is 67.2 cm³/mol. The van der Waals surface area contributed by atoms with Crippen LogP contribution in [0.2, 0.25) is 0 Å². The van der Waals surface area contributed by atoms with Gasteiger partial charge in [0.15, 0.2) is 0 Å². The normalized spacial score (nSPS) is 11.9. The molecule has 0 fully saturated rings. The molecule has 0 aliphatic carbocycles. The first-order valence-electron chi connectivity index (χ1n) is 6.10. The van der Waals surface area contributed by atoms with Gasteiger partial charge in [-0.3, -0.25) is 9.59 Å². The molecule has 0 aromatic heterocycles. The fourth-order valence-corrected chi connectivity index (χ4v) is 1.48. The van der Waals surface area contributed by atoms with Gasteiger partial charge in [0.25, 0.3) is 0 Å². The number of amides is 2. The molecule has 0 unspecified atom stereocenters. The molecule has 17 heavy (non-hydrogen) atoms. The Hall–Kier alpha value is -1.14. The number of hydrogen-bond donors (Lipinski definition) is 4. The third-order valence-electron chi connectivity index (χ3n) is 2.53. The molecule has 0 radical (unpaired) electrons. The Morgan fingerprint density at radius 3 is 2.29 bits per heavy atom. The van der Waals surface area contributed by atoms with Crippen LogP contribution in [-0.2, 0) is 9.59 Å². The number of nitrogens with two attached hydrogens (primary N) is 2. The first kappa shape index (κ1) is 15.9. The molecule has 100 valence electrons. The quantitative estimate of drug-likeness (QED) is 0.393. The van der Waals surface area contributed by atoms with Crippen LogP contribution in [0.15, 0.2) is 0 Å². The van der Waals surface area contributed by atoms with Crippen molar-refractivity contribution in [1.82, 2.24) is 10.6 Å². The Bertz CT molecular complexity index is 234. The molecule has 6 N–H and O–H groups in total. The highest BCUT2D eigenvalue weighted by Gasteiger charge is 2.08. The predicted octanol–water partition coefficient (Wildman–Crippen LogP) is -0.915. The van der Waals surface area contributed by atoms with Gasteiger partial charge < -0.3 is 22.1 Å². The van der Waals surface area contributed by atoms with E-state index in [1.165, 1.54) is 0 Å². The second-order valence-electron chi connectivity index (χ2n) is 3.93. The van der Waals surface area contributed by atoms with Gasteiger partial charge in [-0.15, -0.1) is 0 Å². The summed E-state index contributed by atoms with van der Waals surface area (Å²) in [7, 11) is 0. The maximum absolute atomic E-state index is 11.1. The van der Waals surface area contributed by atoms with Crippen molar-refractivity contribution in [1.29, 1.82) is 0 Å². The van der Waals surface area contributed by atoms with Crippen molar-refractivity contribution in [3.05, 3.63) is 0 Å². The van der Waals surface area contributed by atoms with E-state index in [0.717, 1.165) is 25.7 Å². The zero-order chi connectivity index (χ0) is 13.1. The first-order valence-corrected chi connectivity index (χ1v) is 6.10. The summed E-state index contributed by atoms with van der Waals surface area (Å²) in [5, 5.41) is 5.56. The van der Waals surface area contributed by atoms with Gasteiger partial charge in [-0.1, -0.05) is 6.92 Å². The zero-order valence-electron chi connectivity index (χ0n) is 10.5. The van der Waals surface area contributed by atoms with Gasteiger partial charge in [-0.25, -0.2) is 0 Å². The number of hydrogen-bond acceptors (Lipinski definition) is 4. The van der Waals surface area contributed by atoms with E-state index in [1.807, 2.05) is 6.92 Å². The zero-order valence-corrected chi connectivity index (χ0v) is 10.5. The molecule has 0 saturated carbocycles. The number of unbranched alkanes of at least 4 members (excludes halogenated alkanes) is 1. The fourth-order valence-electron chi connectivity index (χ4n) is 1.48. The average molecular weight is 244 g/mol. The van der Waals surface area contributed by atoms with Gasteiger partial charge in [0.2, 0.25) is 11.8 Å². The molecule has 6 nitrogen and oxygen atoms in total. The minimum atomic E-state index is -0.131. The molecular formula is C11H24N4O2. The van der Waals surface area contributed by atoms with Crippen LogP contribution < -0.4 is 22.1 Å². The SMILES string of the molecule is CC[C@H](CCCCNC(=O)CN)NC(=O)CN. The molecule has 0 aliphatic rings. The Kier molecular flexibility index (Phi) is 9.37. The summed E-state index contributed by atoms with van der Waals surface area (Å²) in [4.78, 5) is 21.9. The van der Waals surface area contributed by atoms with Crippen LogP contribution in [0.25, 0.3) is 0 Å². The number of rotatable bonds is 9. The molecule has 6 heteroatoms. The van der Waals surface area contributed by atoms with Crippen LogP contribution in [0.4, 0.5) is 0 Å². The summed E-state index contributed by atoms with van der Waals surface area (Å²) >= 11 is 0. The standard InChI is InChI=1S/C11H24N4O2/c1-2-9(15-11(17)8-13)5-3-4-6-14-10(16)7-12/h9H,2-8,12-13H2,1H3,(H,14,16)(H,15,17)/t9-/m1/s1. The van der Waals surface area contributed by atoms with Crippen molar-refractivity contribution >= 4 is 11.8 Å². The Morgan fingerprint density at radius 1 is 1.12 bits per heavy atom. The van der Waals surface area contributed by atoms with E-state index in [0.29, 0.717) is 6.54 Å². The summed E-state index contributed by atoms with van der Waals surface area (Å²) < 4.78 is 0. The van der Waals surface area contributed by atoms with Crippen molar-refractivity contribution < 1.29 is 9.59 Å². The molecule has 0 rings (SSSR count). The molecule has 1 atom stereocenters. The van der Waals surface area contributed by atoms with E-state index in [9.17, 15) is 9.59 Å². The van der Waals surface area contributed by atoms with E-state index in [2.05, 4.69) is 10.6 Å². The van der Waals surface area contributed by atoms with E-state index in [-0.39, 0.29) is 30.9 Å². The lowest BCUT2D eigenvalue weighted by Crippen LogP contribution is -2.38. The lowest BCUT2D eigenvalue weighted by atomic mass is 10.1. The molecule has 0 bridgehead atoms. The maximum atomic E-state index is 11.1. The molecule has 0 aliphatic heterocycles. The van der Waals surface area contributed by atoms with Gasteiger partial charge in [-0.2, -0.15) is 0 Å². The number of carbonyl (C=O) groups excluding carboxylic acids is 2. The first-order chi connectivity index (χ1) is 8.13. The highest BCUT2D eigenvalue weighted by Crippen LogP contribution is 2.03. The molecule has 2 amide bonds. The van der Waals surface area contributed by atoms with Gasteiger partial charge in [0.1, 0.15) is 0 Å². The number of carbonyl (C=O) groups is 2. The van der Waals surface area contributed by atoms with Crippen LogP contribution in [0.1, 0.15) is 32.6 Å². The summed E-state index contributed by atoms with van der Waals surface area (Å²) in [6.45, 7) is 2.72. The van der Waals surface area contributed by atoms with Gasteiger partial charge >= 0.3 is 0 Å². The van der Waals surface area contributed by atoms with Crippen LogP contribution in [0.5, 0.6) is 0 Å². The maximum Gasteiger partial charge on any atom is 0.233 e. The van der Waals surface area contributed by atoms with Crippen LogP contribution in [-0.4, -0.2) is 37.5 Å².